The standard InChI is InChI=1S/C9H17NO2/c1-9(2)5-7(11)8(12-9)6-10(3)4/h8H,5-6H2,1-4H3. The van der Waals surface area contributed by atoms with Gasteiger partial charge in [-0.2, -0.15) is 0 Å². The van der Waals surface area contributed by atoms with Crippen LogP contribution in [0.3, 0.4) is 0 Å². The van der Waals surface area contributed by atoms with Crippen LogP contribution in [0.1, 0.15) is 20.3 Å². The van der Waals surface area contributed by atoms with Gasteiger partial charge in [-0.15, -0.1) is 0 Å². The van der Waals surface area contributed by atoms with Gasteiger partial charge in [0.05, 0.1) is 5.60 Å². The van der Waals surface area contributed by atoms with Crippen LogP contribution in [0.2, 0.25) is 0 Å². The van der Waals surface area contributed by atoms with Gasteiger partial charge in [-0.25, -0.2) is 0 Å². The minimum absolute atomic E-state index is 0.213. The number of ether oxygens (including phenoxy) is 1. The first kappa shape index (κ1) is 9.68. The molecule has 1 saturated heterocycles. The maximum Gasteiger partial charge on any atom is 0.165 e. The van der Waals surface area contributed by atoms with E-state index in [1.165, 1.54) is 0 Å². The van der Waals surface area contributed by atoms with Crippen molar-refractivity contribution in [2.24, 2.45) is 0 Å². The van der Waals surface area contributed by atoms with Crippen LogP contribution in [0, 0.1) is 0 Å². The quantitative estimate of drug-likeness (QED) is 0.612. The molecule has 0 bridgehead atoms. The number of rotatable bonds is 2. The number of nitrogens with zero attached hydrogens (tertiary/aromatic N) is 1. The van der Waals surface area contributed by atoms with E-state index in [4.69, 9.17) is 4.74 Å². The Bertz CT molecular complexity index is 187. The molecule has 3 nitrogen and oxygen atoms in total. The molecule has 0 aromatic rings. The maximum absolute atomic E-state index is 11.4. The fourth-order valence-electron chi connectivity index (χ4n) is 1.50. The second-order valence-corrected chi connectivity index (χ2v) is 4.27. The van der Waals surface area contributed by atoms with Crippen LogP contribution in [0.4, 0.5) is 0 Å². The Morgan fingerprint density at radius 2 is 2.17 bits per heavy atom. The van der Waals surface area contributed by atoms with E-state index in [0.29, 0.717) is 13.0 Å². The van der Waals surface area contributed by atoms with Crippen molar-refractivity contribution in [3.63, 3.8) is 0 Å². The normalized spacial score (nSPS) is 28.4. The zero-order chi connectivity index (χ0) is 9.35. The molecule has 0 amide bonds. The largest absolute Gasteiger partial charge is 0.363 e. The highest BCUT2D eigenvalue weighted by molar-refractivity contribution is 5.86. The zero-order valence-electron chi connectivity index (χ0n) is 8.26. The van der Waals surface area contributed by atoms with Gasteiger partial charge < -0.3 is 9.64 Å². The fourth-order valence-corrected chi connectivity index (χ4v) is 1.50. The SMILES string of the molecule is CN(C)CC1OC(C)(C)CC1=O. The molecule has 70 valence electrons. The van der Waals surface area contributed by atoms with E-state index in [-0.39, 0.29) is 17.5 Å². The highest BCUT2D eigenvalue weighted by atomic mass is 16.5. The Labute approximate surface area is 73.7 Å². The Kier molecular flexibility index (Phi) is 2.54. The van der Waals surface area contributed by atoms with E-state index in [1.807, 2.05) is 32.8 Å². The third-order valence-electron chi connectivity index (χ3n) is 1.95. The molecule has 1 atom stereocenters. The lowest BCUT2D eigenvalue weighted by Gasteiger charge is -2.19. The highest BCUT2D eigenvalue weighted by Crippen LogP contribution is 2.26. The molecule has 0 aromatic heterocycles. The van der Waals surface area contributed by atoms with Crippen LogP contribution >= 0.6 is 0 Å². The summed E-state index contributed by atoms with van der Waals surface area (Å²) in [6.45, 7) is 4.61. The van der Waals surface area contributed by atoms with Crippen molar-refractivity contribution < 1.29 is 9.53 Å². The second-order valence-electron chi connectivity index (χ2n) is 4.27. The molecule has 0 aromatic carbocycles. The Morgan fingerprint density at radius 3 is 2.50 bits per heavy atom. The maximum atomic E-state index is 11.4. The number of hydrogen-bond donors (Lipinski definition) is 0. The summed E-state index contributed by atoms with van der Waals surface area (Å²) in [5.41, 5.74) is -0.252. The van der Waals surface area contributed by atoms with Gasteiger partial charge in [0.15, 0.2) is 5.78 Å². The molecule has 3 heteroatoms. The summed E-state index contributed by atoms with van der Waals surface area (Å²) in [5.74, 6) is 0.230. The Morgan fingerprint density at radius 1 is 1.58 bits per heavy atom. The molecule has 0 radical (unpaired) electrons. The van der Waals surface area contributed by atoms with Crippen molar-refractivity contribution in [3.05, 3.63) is 0 Å². The van der Waals surface area contributed by atoms with E-state index >= 15 is 0 Å². The summed E-state index contributed by atoms with van der Waals surface area (Å²) in [6.07, 6.45) is 0.334. The number of hydrogen-bond acceptors (Lipinski definition) is 3. The molecule has 0 N–H and O–H groups in total. The first-order chi connectivity index (χ1) is 5.41. The molecule has 0 spiro atoms. The molecular weight excluding hydrogens is 154 g/mol. The van der Waals surface area contributed by atoms with Gasteiger partial charge in [0.25, 0.3) is 0 Å². The summed E-state index contributed by atoms with van der Waals surface area (Å²) in [5, 5.41) is 0. The smallest absolute Gasteiger partial charge is 0.165 e. The summed E-state index contributed by atoms with van der Waals surface area (Å²) in [4.78, 5) is 13.3. The van der Waals surface area contributed by atoms with Gasteiger partial charge in [-0.3, -0.25) is 4.79 Å². The average Bonchev–Trinajstić information content (AvgIpc) is 2.03. The molecule has 0 aliphatic carbocycles. The van der Waals surface area contributed by atoms with Gasteiger partial charge in [0.1, 0.15) is 6.10 Å². The van der Waals surface area contributed by atoms with Crippen LogP contribution in [-0.4, -0.2) is 43.0 Å². The van der Waals surface area contributed by atoms with Gasteiger partial charge >= 0.3 is 0 Å². The average molecular weight is 171 g/mol. The molecule has 0 saturated carbocycles. The summed E-state index contributed by atoms with van der Waals surface area (Å²) in [6, 6.07) is 0. The van der Waals surface area contributed by atoms with E-state index in [1.54, 1.807) is 0 Å². The summed E-state index contributed by atoms with van der Waals surface area (Å²) in [7, 11) is 3.89. The minimum Gasteiger partial charge on any atom is -0.363 e. The lowest BCUT2D eigenvalue weighted by molar-refractivity contribution is -0.123. The first-order valence-electron chi connectivity index (χ1n) is 4.26. The molecule has 1 heterocycles. The van der Waals surface area contributed by atoms with Crippen LogP contribution in [-0.2, 0) is 9.53 Å². The third kappa shape index (κ3) is 2.29. The van der Waals surface area contributed by atoms with Crippen molar-refractivity contribution in [3.8, 4) is 0 Å². The van der Waals surface area contributed by atoms with E-state index in [0.717, 1.165) is 0 Å². The highest BCUT2D eigenvalue weighted by Gasteiger charge is 2.38. The Hall–Kier alpha value is -0.410. The molecule has 1 fully saturated rings. The van der Waals surface area contributed by atoms with Crippen LogP contribution in [0.5, 0.6) is 0 Å². The monoisotopic (exact) mass is 171 g/mol. The fraction of sp³-hybridized carbons (Fsp3) is 0.889. The van der Waals surface area contributed by atoms with Gasteiger partial charge in [0, 0.05) is 13.0 Å². The van der Waals surface area contributed by atoms with Crippen molar-refractivity contribution >= 4 is 5.78 Å². The number of carbonyl (C=O) groups excluding carboxylic acids is 1. The molecule has 1 rings (SSSR count). The number of Topliss-reactive ketones (excluding diaryl/α,β-unsaturated/α-hetero) is 1. The molecule has 1 aliphatic heterocycles. The zero-order valence-corrected chi connectivity index (χ0v) is 8.26. The summed E-state index contributed by atoms with van der Waals surface area (Å²) >= 11 is 0. The van der Waals surface area contributed by atoms with E-state index in [9.17, 15) is 4.79 Å². The predicted octanol–water partition coefficient (Wildman–Crippen LogP) is 0.685. The van der Waals surface area contributed by atoms with Crippen molar-refractivity contribution in [2.45, 2.75) is 32.0 Å². The third-order valence-corrected chi connectivity index (χ3v) is 1.95. The topological polar surface area (TPSA) is 29.5 Å². The summed E-state index contributed by atoms with van der Waals surface area (Å²) < 4.78 is 5.58. The van der Waals surface area contributed by atoms with Crippen LogP contribution < -0.4 is 0 Å². The van der Waals surface area contributed by atoms with Crippen LogP contribution in [0.15, 0.2) is 0 Å². The van der Waals surface area contributed by atoms with E-state index < -0.39 is 0 Å². The number of carbonyl (C=O) groups is 1. The van der Waals surface area contributed by atoms with Crippen LogP contribution in [0.25, 0.3) is 0 Å². The molecule has 12 heavy (non-hydrogen) atoms. The second kappa shape index (κ2) is 3.15. The predicted molar refractivity (Wildman–Crippen MR) is 47.1 cm³/mol. The molecular formula is C9H17NO2. The lowest BCUT2D eigenvalue weighted by atomic mass is 10.0. The van der Waals surface area contributed by atoms with Gasteiger partial charge in [0.2, 0.25) is 0 Å². The van der Waals surface area contributed by atoms with Crippen molar-refractivity contribution in [1.29, 1.82) is 0 Å². The minimum atomic E-state index is -0.252. The number of ketones is 1. The van der Waals surface area contributed by atoms with Crippen molar-refractivity contribution in [2.75, 3.05) is 20.6 Å². The van der Waals surface area contributed by atoms with Crippen molar-refractivity contribution in [1.82, 2.24) is 4.90 Å². The first-order valence-corrected chi connectivity index (χ1v) is 4.26. The Balaban J connectivity index is 2.53. The van der Waals surface area contributed by atoms with E-state index in [2.05, 4.69) is 0 Å². The van der Waals surface area contributed by atoms with Gasteiger partial charge in [-0.1, -0.05) is 0 Å². The number of likely N-dealkylation sites (N-methyl/N-ethyl adjacent to an activating group) is 1. The van der Waals surface area contributed by atoms with Gasteiger partial charge in [-0.05, 0) is 27.9 Å². The molecule has 1 unspecified atom stereocenters. The lowest BCUT2D eigenvalue weighted by Crippen LogP contribution is -2.31. The molecule has 1 aliphatic rings.